The number of rotatable bonds is 3. The van der Waals surface area contributed by atoms with Crippen LogP contribution < -0.4 is 14.8 Å². The Bertz CT molecular complexity index is 1150. The van der Waals surface area contributed by atoms with Gasteiger partial charge in [0.1, 0.15) is 12.4 Å². The third-order valence-corrected chi connectivity index (χ3v) is 5.36. The van der Waals surface area contributed by atoms with Crippen LogP contribution in [0.4, 0.5) is 5.82 Å². The van der Waals surface area contributed by atoms with Crippen molar-refractivity contribution < 1.29 is 14.3 Å². The third kappa shape index (κ3) is 2.97. The monoisotopic (exact) mass is 392 g/mol. The molecule has 28 heavy (non-hydrogen) atoms. The molecule has 1 amide bonds. The van der Waals surface area contributed by atoms with Crippen molar-refractivity contribution >= 4 is 33.3 Å². The first-order valence-corrected chi connectivity index (χ1v) is 9.61. The van der Waals surface area contributed by atoms with E-state index in [-0.39, 0.29) is 12.5 Å². The third-order valence-electron chi connectivity index (χ3n) is 4.35. The van der Waals surface area contributed by atoms with E-state index in [1.54, 1.807) is 10.7 Å². The molecule has 0 aliphatic carbocycles. The van der Waals surface area contributed by atoms with Crippen LogP contribution in [0.3, 0.4) is 0 Å². The summed E-state index contributed by atoms with van der Waals surface area (Å²) in [6.45, 7) is 2.02. The van der Waals surface area contributed by atoms with Gasteiger partial charge in [-0.15, -0.1) is 0 Å². The fourth-order valence-electron chi connectivity index (χ4n) is 3.04. The molecule has 1 aliphatic rings. The van der Waals surface area contributed by atoms with Crippen molar-refractivity contribution in [3.63, 3.8) is 0 Å². The maximum atomic E-state index is 12.8. The number of aromatic nitrogens is 3. The number of carbonyl (C=O) groups excluding carboxylic acids is 1. The number of anilines is 1. The summed E-state index contributed by atoms with van der Waals surface area (Å²) in [4.78, 5) is 17.4. The number of amides is 1. The lowest BCUT2D eigenvalue weighted by atomic mass is 10.2. The lowest BCUT2D eigenvalue weighted by Crippen LogP contribution is -2.40. The van der Waals surface area contributed by atoms with Gasteiger partial charge < -0.3 is 14.8 Å². The van der Waals surface area contributed by atoms with E-state index in [2.05, 4.69) is 15.4 Å². The number of aryl methyl sites for hydroxylation is 1. The number of benzene rings is 2. The molecule has 0 spiro atoms. The lowest BCUT2D eigenvalue weighted by Gasteiger charge is -2.25. The number of hydrogen-bond acceptors (Lipinski definition) is 6. The first kappa shape index (κ1) is 16.8. The van der Waals surface area contributed by atoms with Gasteiger partial charge in [0, 0.05) is 6.07 Å². The number of fused-ring (bicyclic) bond motifs is 2. The maximum Gasteiger partial charge on any atom is 0.270 e. The molecule has 1 aliphatic heterocycles. The summed E-state index contributed by atoms with van der Waals surface area (Å²) in [5, 5.41) is 8.08. The molecule has 2 aromatic carbocycles. The molecule has 1 atom stereocenters. The Morgan fingerprint density at radius 3 is 2.82 bits per heavy atom. The van der Waals surface area contributed by atoms with Gasteiger partial charge in [-0.3, -0.25) is 4.79 Å². The van der Waals surface area contributed by atoms with E-state index in [1.807, 2.05) is 55.5 Å². The Morgan fingerprint density at radius 1 is 1.18 bits per heavy atom. The molecular weight excluding hydrogens is 376 g/mol. The Morgan fingerprint density at radius 2 is 1.96 bits per heavy atom. The Balaban J connectivity index is 1.41. The van der Waals surface area contributed by atoms with Crippen molar-refractivity contribution in [2.24, 2.45) is 0 Å². The zero-order chi connectivity index (χ0) is 19.1. The van der Waals surface area contributed by atoms with Crippen molar-refractivity contribution in [2.75, 3.05) is 11.9 Å². The second-order valence-electron chi connectivity index (χ2n) is 6.40. The van der Waals surface area contributed by atoms with Crippen LogP contribution in [0.15, 0.2) is 54.6 Å². The van der Waals surface area contributed by atoms with Crippen LogP contribution in [0.5, 0.6) is 11.5 Å². The molecule has 1 N–H and O–H groups in total. The Hall–Kier alpha value is -3.39. The summed E-state index contributed by atoms with van der Waals surface area (Å²) in [6.07, 6.45) is -0.742. The van der Waals surface area contributed by atoms with E-state index in [4.69, 9.17) is 9.47 Å². The fraction of sp³-hybridized carbons (Fsp3) is 0.150. The highest BCUT2D eigenvalue weighted by atomic mass is 32.1. The molecule has 0 fully saturated rings. The molecule has 140 valence electrons. The summed E-state index contributed by atoms with van der Waals surface area (Å²) in [6, 6.07) is 17.0. The maximum absolute atomic E-state index is 12.8. The Kier molecular flexibility index (Phi) is 3.98. The van der Waals surface area contributed by atoms with Crippen molar-refractivity contribution in [3.8, 4) is 16.6 Å². The Labute approximate surface area is 164 Å². The number of nitrogens with zero attached hydrogens (tertiary/aromatic N) is 3. The van der Waals surface area contributed by atoms with E-state index in [0.29, 0.717) is 22.4 Å². The SMILES string of the molecule is Cc1cc(NC(=O)C2COc3ccccc3O2)n(-c2nc3ccccc3s2)n1. The van der Waals surface area contributed by atoms with Crippen LogP contribution in [-0.2, 0) is 4.79 Å². The standard InChI is InChI=1S/C20H16N4O3S/c1-12-10-18(24(23-12)20-21-13-6-2-5-9-17(13)28-20)22-19(25)16-11-26-14-7-3-4-8-15(14)27-16/h2-10,16H,11H2,1H3,(H,22,25). The molecule has 0 bridgehead atoms. The van der Waals surface area contributed by atoms with Gasteiger partial charge in [0.15, 0.2) is 11.5 Å². The number of nitrogens with one attached hydrogen (secondary N) is 1. The molecule has 5 rings (SSSR count). The quantitative estimate of drug-likeness (QED) is 0.577. The average Bonchev–Trinajstić information content (AvgIpc) is 3.30. The molecule has 0 radical (unpaired) electrons. The minimum Gasteiger partial charge on any atom is -0.485 e. The molecular formula is C20H16N4O3S. The van der Waals surface area contributed by atoms with E-state index in [1.165, 1.54) is 11.3 Å². The van der Waals surface area contributed by atoms with E-state index in [9.17, 15) is 4.79 Å². The minimum absolute atomic E-state index is 0.150. The van der Waals surface area contributed by atoms with Gasteiger partial charge in [0.2, 0.25) is 11.2 Å². The van der Waals surface area contributed by atoms with E-state index >= 15 is 0 Å². The first-order chi connectivity index (χ1) is 13.7. The van der Waals surface area contributed by atoms with E-state index < -0.39 is 6.10 Å². The minimum atomic E-state index is -0.742. The number of thiazole rings is 1. The summed E-state index contributed by atoms with van der Waals surface area (Å²) < 4.78 is 14.1. The average molecular weight is 392 g/mol. The first-order valence-electron chi connectivity index (χ1n) is 8.79. The van der Waals surface area contributed by atoms with Crippen LogP contribution in [-0.4, -0.2) is 33.4 Å². The van der Waals surface area contributed by atoms with E-state index in [0.717, 1.165) is 15.9 Å². The molecule has 8 heteroatoms. The predicted octanol–water partition coefficient (Wildman–Crippen LogP) is 3.57. The van der Waals surface area contributed by atoms with Crippen LogP contribution in [0.1, 0.15) is 5.69 Å². The van der Waals surface area contributed by atoms with Crippen molar-refractivity contribution in [1.82, 2.24) is 14.8 Å². The van der Waals surface area contributed by atoms with Crippen molar-refractivity contribution in [1.29, 1.82) is 0 Å². The molecule has 4 aromatic rings. The highest BCUT2D eigenvalue weighted by Gasteiger charge is 2.28. The molecule has 2 aromatic heterocycles. The lowest BCUT2D eigenvalue weighted by molar-refractivity contribution is -0.125. The second kappa shape index (κ2) is 6.65. The molecule has 1 unspecified atom stereocenters. The van der Waals surface area contributed by atoms with Crippen LogP contribution in [0, 0.1) is 6.92 Å². The smallest absolute Gasteiger partial charge is 0.270 e. The van der Waals surface area contributed by atoms with Gasteiger partial charge in [0.25, 0.3) is 5.91 Å². The van der Waals surface area contributed by atoms with Crippen molar-refractivity contribution in [2.45, 2.75) is 13.0 Å². The predicted molar refractivity (Wildman–Crippen MR) is 106 cm³/mol. The number of hydrogen-bond donors (Lipinski definition) is 1. The fourth-order valence-corrected chi connectivity index (χ4v) is 3.97. The highest BCUT2D eigenvalue weighted by Crippen LogP contribution is 2.31. The summed E-state index contributed by atoms with van der Waals surface area (Å²) in [5.41, 5.74) is 1.68. The zero-order valence-electron chi connectivity index (χ0n) is 15.0. The summed E-state index contributed by atoms with van der Waals surface area (Å²) in [5.74, 6) is 1.45. The number of carbonyl (C=O) groups is 1. The van der Waals surface area contributed by atoms with Crippen molar-refractivity contribution in [3.05, 3.63) is 60.3 Å². The molecule has 7 nitrogen and oxygen atoms in total. The summed E-state index contributed by atoms with van der Waals surface area (Å²) >= 11 is 1.51. The topological polar surface area (TPSA) is 78.3 Å². The zero-order valence-corrected chi connectivity index (χ0v) is 15.8. The van der Waals surface area contributed by atoms with Gasteiger partial charge in [-0.25, -0.2) is 4.98 Å². The number of ether oxygens (including phenoxy) is 2. The van der Waals surface area contributed by atoms with Crippen LogP contribution >= 0.6 is 11.3 Å². The van der Waals surface area contributed by atoms with Gasteiger partial charge >= 0.3 is 0 Å². The van der Waals surface area contributed by atoms with Crippen LogP contribution in [0.25, 0.3) is 15.3 Å². The van der Waals surface area contributed by atoms with Gasteiger partial charge in [-0.2, -0.15) is 9.78 Å². The molecule has 3 heterocycles. The van der Waals surface area contributed by atoms with Gasteiger partial charge in [-0.05, 0) is 31.2 Å². The number of para-hydroxylation sites is 3. The summed E-state index contributed by atoms with van der Waals surface area (Å²) in [7, 11) is 0. The van der Waals surface area contributed by atoms with Gasteiger partial charge in [0.05, 0.1) is 15.9 Å². The van der Waals surface area contributed by atoms with Crippen LogP contribution in [0.2, 0.25) is 0 Å². The molecule has 0 saturated heterocycles. The molecule has 0 saturated carbocycles. The second-order valence-corrected chi connectivity index (χ2v) is 7.41. The van der Waals surface area contributed by atoms with Gasteiger partial charge in [-0.1, -0.05) is 35.6 Å². The highest BCUT2D eigenvalue weighted by molar-refractivity contribution is 7.20. The largest absolute Gasteiger partial charge is 0.485 e. The normalized spacial score (nSPS) is 15.5.